The maximum atomic E-state index is 10.0. The van der Waals surface area contributed by atoms with E-state index < -0.39 is 6.10 Å². The lowest BCUT2D eigenvalue weighted by atomic mass is 10.1. The fourth-order valence-corrected chi connectivity index (χ4v) is 2.63. The highest BCUT2D eigenvalue weighted by molar-refractivity contribution is 5.81. The Morgan fingerprint density at radius 2 is 2.21 bits per heavy atom. The Morgan fingerprint density at radius 1 is 1.42 bits per heavy atom. The van der Waals surface area contributed by atoms with Gasteiger partial charge in [0.2, 0.25) is 0 Å². The van der Waals surface area contributed by atoms with Gasteiger partial charge >= 0.3 is 0 Å². The summed E-state index contributed by atoms with van der Waals surface area (Å²) in [5.74, 6) is 0.126. The summed E-state index contributed by atoms with van der Waals surface area (Å²) in [4.78, 5) is 12.3. The predicted molar refractivity (Wildman–Crippen MR) is 69.1 cm³/mol. The van der Waals surface area contributed by atoms with Gasteiger partial charge in [-0.15, -0.1) is 0 Å². The summed E-state index contributed by atoms with van der Waals surface area (Å²) < 4.78 is 1.83. The Kier molecular flexibility index (Phi) is 2.72. The third-order valence-corrected chi connectivity index (χ3v) is 3.74. The minimum Gasteiger partial charge on any atom is -0.396 e. The lowest BCUT2D eigenvalue weighted by Gasteiger charge is -2.14. The van der Waals surface area contributed by atoms with E-state index in [1.807, 2.05) is 4.57 Å². The van der Waals surface area contributed by atoms with Crippen LogP contribution >= 0.6 is 0 Å². The molecule has 0 radical (unpaired) electrons. The molecule has 0 amide bonds. The number of imidazole rings is 1. The fraction of sp³-hybridized carbons (Fsp3) is 0.417. The van der Waals surface area contributed by atoms with E-state index in [0.29, 0.717) is 29.0 Å². The van der Waals surface area contributed by atoms with Crippen LogP contribution in [-0.2, 0) is 0 Å². The topological polar surface area (TPSA) is 110 Å². The van der Waals surface area contributed by atoms with Crippen LogP contribution in [0.5, 0.6) is 0 Å². The number of rotatable bonds is 2. The molecule has 2 aromatic rings. The molecule has 0 unspecified atom stereocenters. The maximum Gasteiger partial charge on any atom is 0.165 e. The van der Waals surface area contributed by atoms with Gasteiger partial charge in [-0.2, -0.15) is 0 Å². The summed E-state index contributed by atoms with van der Waals surface area (Å²) in [6.45, 7) is 3.85. The molecule has 0 saturated heterocycles. The first kappa shape index (κ1) is 12.1. The molecule has 7 heteroatoms. The number of nitrogen functional groups attached to an aromatic ring is 1. The van der Waals surface area contributed by atoms with Crippen molar-refractivity contribution < 1.29 is 10.2 Å². The van der Waals surface area contributed by atoms with E-state index in [2.05, 4.69) is 21.5 Å². The molecule has 100 valence electrons. The number of aliphatic hydroxyl groups excluding tert-OH is 2. The minimum atomic E-state index is -0.702. The van der Waals surface area contributed by atoms with Crippen molar-refractivity contribution in [1.82, 2.24) is 19.5 Å². The van der Waals surface area contributed by atoms with Crippen molar-refractivity contribution in [2.45, 2.75) is 18.6 Å². The molecule has 0 bridgehead atoms. The first-order valence-electron chi connectivity index (χ1n) is 6.04. The largest absolute Gasteiger partial charge is 0.396 e. The molecule has 0 aromatic carbocycles. The Labute approximate surface area is 109 Å². The molecule has 7 nitrogen and oxygen atoms in total. The smallest absolute Gasteiger partial charge is 0.165 e. The third kappa shape index (κ3) is 1.70. The van der Waals surface area contributed by atoms with Gasteiger partial charge in [0.15, 0.2) is 11.5 Å². The van der Waals surface area contributed by atoms with Gasteiger partial charge in [0, 0.05) is 12.5 Å². The second-order valence-electron chi connectivity index (χ2n) is 4.80. The molecule has 19 heavy (non-hydrogen) atoms. The summed E-state index contributed by atoms with van der Waals surface area (Å²) in [5, 5.41) is 19.3. The van der Waals surface area contributed by atoms with Crippen LogP contribution in [0, 0.1) is 5.92 Å². The minimum absolute atomic E-state index is 0.0690. The van der Waals surface area contributed by atoms with Crippen LogP contribution in [0.1, 0.15) is 12.5 Å². The van der Waals surface area contributed by atoms with E-state index in [1.165, 1.54) is 6.33 Å². The zero-order valence-electron chi connectivity index (χ0n) is 10.3. The lowest BCUT2D eigenvalue weighted by Crippen LogP contribution is -2.17. The van der Waals surface area contributed by atoms with Crippen molar-refractivity contribution in [3.05, 3.63) is 24.8 Å². The highest BCUT2D eigenvalue weighted by Gasteiger charge is 2.37. The van der Waals surface area contributed by atoms with Crippen LogP contribution in [0.2, 0.25) is 0 Å². The highest BCUT2D eigenvalue weighted by Crippen LogP contribution is 2.39. The number of hydrogen-bond donors (Lipinski definition) is 3. The predicted octanol–water partition coefficient (Wildman–Crippen LogP) is -0.121. The van der Waals surface area contributed by atoms with E-state index in [0.717, 1.165) is 0 Å². The second kappa shape index (κ2) is 4.29. The molecule has 1 saturated carbocycles. The van der Waals surface area contributed by atoms with Gasteiger partial charge in [-0.3, -0.25) is 0 Å². The van der Waals surface area contributed by atoms with E-state index in [-0.39, 0.29) is 18.6 Å². The molecule has 2 heterocycles. The van der Waals surface area contributed by atoms with Gasteiger partial charge < -0.3 is 20.5 Å². The molecule has 3 rings (SSSR count). The fourth-order valence-electron chi connectivity index (χ4n) is 2.63. The van der Waals surface area contributed by atoms with Crippen molar-refractivity contribution in [3.8, 4) is 0 Å². The van der Waals surface area contributed by atoms with Crippen LogP contribution in [-0.4, -0.2) is 42.4 Å². The molecule has 2 aromatic heterocycles. The number of anilines is 1. The molecule has 3 atom stereocenters. The number of nitrogens with zero attached hydrogens (tertiary/aromatic N) is 4. The number of hydrogen-bond acceptors (Lipinski definition) is 6. The van der Waals surface area contributed by atoms with Gasteiger partial charge in [-0.1, -0.05) is 6.58 Å². The molecular formula is C12H15N5O2. The summed E-state index contributed by atoms with van der Waals surface area (Å²) in [6, 6.07) is -0.133. The zero-order valence-corrected chi connectivity index (χ0v) is 10.3. The van der Waals surface area contributed by atoms with E-state index in [9.17, 15) is 10.2 Å². The molecule has 1 fully saturated rings. The third-order valence-electron chi connectivity index (χ3n) is 3.74. The van der Waals surface area contributed by atoms with Crippen LogP contribution in [0.25, 0.3) is 11.2 Å². The van der Waals surface area contributed by atoms with Crippen LogP contribution in [0.4, 0.5) is 5.82 Å². The van der Waals surface area contributed by atoms with Crippen molar-refractivity contribution in [3.63, 3.8) is 0 Å². The first-order chi connectivity index (χ1) is 9.13. The van der Waals surface area contributed by atoms with Gasteiger partial charge in [-0.05, 0) is 12.0 Å². The quantitative estimate of drug-likeness (QED) is 0.650. The average molecular weight is 261 g/mol. The van der Waals surface area contributed by atoms with Crippen molar-refractivity contribution in [2.75, 3.05) is 12.3 Å². The van der Waals surface area contributed by atoms with Crippen LogP contribution < -0.4 is 5.73 Å². The summed E-state index contributed by atoms with van der Waals surface area (Å²) in [7, 11) is 0. The van der Waals surface area contributed by atoms with Gasteiger partial charge in [-0.25, -0.2) is 15.0 Å². The Hall–Kier alpha value is -1.99. The van der Waals surface area contributed by atoms with Crippen molar-refractivity contribution in [1.29, 1.82) is 0 Å². The monoisotopic (exact) mass is 261 g/mol. The standard InChI is InChI=1S/C12H15N5O2/c1-6-8(2-7(3-18)10(6)19)17-5-16-9-11(13)14-4-15-12(9)17/h4-5,7-8,10,18-19H,1-3H2,(H2,13,14,15)/t7-,8-,10+/m1/s1. The molecule has 1 aliphatic rings. The summed E-state index contributed by atoms with van der Waals surface area (Å²) >= 11 is 0. The van der Waals surface area contributed by atoms with Gasteiger partial charge in [0.1, 0.15) is 11.8 Å². The van der Waals surface area contributed by atoms with Gasteiger partial charge in [0.25, 0.3) is 0 Å². The second-order valence-corrected chi connectivity index (χ2v) is 4.80. The molecule has 1 aliphatic carbocycles. The van der Waals surface area contributed by atoms with E-state index in [4.69, 9.17) is 5.73 Å². The zero-order chi connectivity index (χ0) is 13.6. The normalized spacial score (nSPS) is 27.3. The Morgan fingerprint density at radius 3 is 2.89 bits per heavy atom. The lowest BCUT2D eigenvalue weighted by molar-refractivity contribution is 0.111. The van der Waals surface area contributed by atoms with E-state index >= 15 is 0 Å². The summed E-state index contributed by atoms with van der Waals surface area (Å²) in [6.07, 6.45) is 2.91. The average Bonchev–Trinajstić information content (AvgIpc) is 2.94. The number of aliphatic hydroxyl groups is 2. The SMILES string of the molecule is C=C1[C@H](n2cnc3c(N)ncnc32)C[C@H](CO)[C@H]1O. The van der Waals surface area contributed by atoms with Crippen molar-refractivity contribution in [2.24, 2.45) is 5.92 Å². The van der Waals surface area contributed by atoms with E-state index in [1.54, 1.807) is 6.33 Å². The molecule has 0 aliphatic heterocycles. The summed E-state index contributed by atoms with van der Waals surface area (Å²) in [5.41, 5.74) is 7.56. The Bertz CT molecular complexity index is 638. The maximum absolute atomic E-state index is 10.0. The first-order valence-corrected chi connectivity index (χ1v) is 6.04. The Balaban J connectivity index is 2.06. The number of fused-ring (bicyclic) bond motifs is 1. The van der Waals surface area contributed by atoms with Crippen LogP contribution in [0.3, 0.4) is 0 Å². The molecule has 0 spiro atoms. The van der Waals surface area contributed by atoms with Crippen molar-refractivity contribution >= 4 is 17.0 Å². The molecular weight excluding hydrogens is 246 g/mol. The van der Waals surface area contributed by atoms with Gasteiger partial charge in [0.05, 0.1) is 18.5 Å². The van der Waals surface area contributed by atoms with Crippen LogP contribution in [0.15, 0.2) is 24.8 Å². The highest BCUT2D eigenvalue weighted by atomic mass is 16.3. The number of nitrogens with two attached hydrogens (primary N) is 1. The molecule has 4 N–H and O–H groups in total. The number of aromatic nitrogens is 4.